The first-order chi connectivity index (χ1) is 18.0. The SMILES string of the molecule is NC(=O)c1c(N)nn2cnc(N3C[C@H](c4cc([N+](=O)[O-])ccc4C(=O)O)C[C@@H]3c3cc(F)ccc3F)cc12. The Balaban J connectivity index is 1.67. The maximum absolute atomic E-state index is 15.0. The minimum atomic E-state index is -1.29. The van der Waals surface area contributed by atoms with Crippen LogP contribution < -0.4 is 16.4 Å². The van der Waals surface area contributed by atoms with Gasteiger partial charge in [-0.25, -0.2) is 23.1 Å². The third kappa shape index (κ3) is 4.11. The van der Waals surface area contributed by atoms with Gasteiger partial charge < -0.3 is 21.5 Å². The van der Waals surface area contributed by atoms with Gasteiger partial charge in [-0.1, -0.05) is 0 Å². The van der Waals surface area contributed by atoms with Crippen molar-refractivity contribution in [3.05, 3.63) is 92.8 Å². The molecule has 1 aliphatic rings. The fourth-order valence-electron chi connectivity index (χ4n) is 4.95. The number of nitrogen functional groups attached to an aromatic ring is 1. The molecule has 2 atom stereocenters. The zero-order valence-electron chi connectivity index (χ0n) is 19.4. The number of rotatable bonds is 6. The van der Waals surface area contributed by atoms with E-state index >= 15 is 0 Å². The molecule has 0 bridgehead atoms. The van der Waals surface area contributed by atoms with Crippen molar-refractivity contribution >= 4 is 34.7 Å². The van der Waals surface area contributed by atoms with Crippen LogP contribution in [0.1, 0.15) is 50.2 Å². The number of anilines is 2. The summed E-state index contributed by atoms with van der Waals surface area (Å²) in [5.41, 5.74) is 11.1. The molecule has 2 aromatic carbocycles. The number of hydrogen-bond donors (Lipinski definition) is 3. The third-order valence-electron chi connectivity index (χ3n) is 6.61. The first kappa shape index (κ1) is 24.5. The molecule has 194 valence electrons. The molecule has 4 aromatic rings. The molecule has 5 N–H and O–H groups in total. The number of aromatic nitrogens is 3. The lowest BCUT2D eigenvalue weighted by molar-refractivity contribution is -0.384. The van der Waals surface area contributed by atoms with Crippen LogP contribution in [0.3, 0.4) is 0 Å². The molecule has 0 unspecified atom stereocenters. The van der Waals surface area contributed by atoms with Crippen molar-refractivity contribution in [1.29, 1.82) is 0 Å². The zero-order valence-corrected chi connectivity index (χ0v) is 19.4. The minimum Gasteiger partial charge on any atom is -0.478 e. The number of nitro groups is 1. The molecular weight excluding hydrogens is 504 g/mol. The van der Waals surface area contributed by atoms with Crippen molar-refractivity contribution < 1.29 is 28.4 Å². The number of carboxylic acids is 1. The topological polar surface area (TPSA) is 183 Å². The van der Waals surface area contributed by atoms with E-state index in [1.165, 1.54) is 23.0 Å². The van der Waals surface area contributed by atoms with Gasteiger partial charge in [-0.3, -0.25) is 14.9 Å². The van der Waals surface area contributed by atoms with E-state index in [9.17, 15) is 33.6 Å². The molecule has 0 radical (unpaired) electrons. The summed E-state index contributed by atoms with van der Waals surface area (Å²) in [5.74, 6) is -4.05. The summed E-state index contributed by atoms with van der Waals surface area (Å²) in [5, 5.41) is 25.1. The van der Waals surface area contributed by atoms with Gasteiger partial charge in [0, 0.05) is 36.2 Å². The average Bonchev–Trinajstić information content (AvgIpc) is 3.45. The van der Waals surface area contributed by atoms with Crippen molar-refractivity contribution in [3.8, 4) is 0 Å². The number of amides is 1. The van der Waals surface area contributed by atoms with E-state index in [-0.39, 0.29) is 58.1 Å². The molecule has 38 heavy (non-hydrogen) atoms. The Morgan fingerprint density at radius 1 is 1.13 bits per heavy atom. The van der Waals surface area contributed by atoms with Gasteiger partial charge in [-0.15, -0.1) is 5.10 Å². The molecule has 1 fully saturated rings. The standard InChI is InChI=1S/C24H19F2N7O5/c25-12-1-4-17(26)16(6-12)18-5-11(15-7-13(33(37)38)2-3-14(15)24(35)36)9-31(18)20-8-19-21(23(28)34)22(27)30-32(19)10-29-20/h1-4,6-8,10-11,18H,5,9H2,(H2,27,30)(H2,28,34)(H,35,36)/t11-,18-/m1/s1. The number of carbonyl (C=O) groups excluding carboxylic acids is 1. The van der Waals surface area contributed by atoms with Gasteiger partial charge in [0.05, 0.1) is 22.0 Å². The Morgan fingerprint density at radius 3 is 2.58 bits per heavy atom. The quantitative estimate of drug-likeness (QED) is 0.252. The molecule has 0 saturated carbocycles. The predicted molar refractivity (Wildman–Crippen MR) is 130 cm³/mol. The zero-order chi connectivity index (χ0) is 27.3. The van der Waals surface area contributed by atoms with E-state index < -0.39 is 40.4 Å². The molecule has 0 aliphatic carbocycles. The summed E-state index contributed by atoms with van der Waals surface area (Å²) in [6.45, 7) is 0.0424. The highest BCUT2D eigenvalue weighted by Gasteiger charge is 2.39. The van der Waals surface area contributed by atoms with Crippen LogP contribution in [0.2, 0.25) is 0 Å². The van der Waals surface area contributed by atoms with Crippen molar-refractivity contribution in [1.82, 2.24) is 14.6 Å². The lowest BCUT2D eigenvalue weighted by atomic mass is 9.90. The second-order valence-corrected chi connectivity index (χ2v) is 8.80. The lowest BCUT2D eigenvalue weighted by Crippen LogP contribution is -2.25. The van der Waals surface area contributed by atoms with Crippen LogP contribution >= 0.6 is 0 Å². The normalized spacial score (nSPS) is 17.2. The number of carboxylic acid groups (broad SMARTS) is 1. The van der Waals surface area contributed by atoms with Crippen molar-refractivity contribution in [2.24, 2.45) is 5.73 Å². The average molecular weight is 523 g/mol. The highest BCUT2D eigenvalue weighted by atomic mass is 19.1. The molecule has 1 aliphatic heterocycles. The molecule has 3 heterocycles. The van der Waals surface area contributed by atoms with Gasteiger partial charge in [0.2, 0.25) is 0 Å². The number of carbonyl (C=O) groups is 2. The van der Waals surface area contributed by atoms with Crippen LogP contribution in [0.4, 0.5) is 26.1 Å². The van der Waals surface area contributed by atoms with Crippen LogP contribution in [-0.4, -0.2) is 43.0 Å². The summed E-state index contributed by atoms with van der Waals surface area (Å²) >= 11 is 0. The van der Waals surface area contributed by atoms with Crippen molar-refractivity contribution in [2.45, 2.75) is 18.4 Å². The molecule has 5 rings (SSSR count). The maximum Gasteiger partial charge on any atom is 0.335 e. The molecular formula is C24H19F2N7O5. The Kier molecular flexibility index (Phi) is 5.86. The van der Waals surface area contributed by atoms with Gasteiger partial charge in [-0.2, -0.15) is 0 Å². The first-order valence-corrected chi connectivity index (χ1v) is 11.2. The molecule has 1 saturated heterocycles. The summed E-state index contributed by atoms with van der Waals surface area (Å²) < 4.78 is 30.4. The van der Waals surface area contributed by atoms with Gasteiger partial charge >= 0.3 is 5.97 Å². The largest absolute Gasteiger partial charge is 0.478 e. The summed E-state index contributed by atoms with van der Waals surface area (Å²) in [6, 6.07) is 7.01. The number of non-ortho nitro benzene ring substituents is 1. The highest BCUT2D eigenvalue weighted by Crippen LogP contribution is 2.45. The number of fused-ring (bicyclic) bond motifs is 1. The number of nitrogens with zero attached hydrogens (tertiary/aromatic N) is 5. The number of aromatic carboxylic acids is 1. The van der Waals surface area contributed by atoms with Gasteiger partial charge in [0.1, 0.15) is 29.3 Å². The number of benzene rings is 2. The molecule has 14 heteroatoms. The predicted octanol–water partition coefficient (Wildman–Crippen LogP) is 3.03. The second kappa shape index (κ2) is 9.06. The number of nitro benzene ring substituents is 1. The smallest absolute Gasteiger partial charge is 0.335 e. The summed E-state index contributed by atoms with van der Waals surface area (Å²) in [4.78, 5) is 40.6. The highest BCUT2D eigenvalue weighted by molar-refractivity contribution is 6.04. The lowest BCUT2D eigenvalue weighted by Gasteiger charge is -2.26. The van der Waals surface area contributed by atoms with E-state index in [0.29, 0.717) is 0 Å². The Hall–Kier alpha value is -5.14. The number of nitrogens with two attached hydrogens (primary N) is 2. The Morgan fingerprint density at radius 2 is 1.89 bits per heavy atom. The van der Waals surface area contributed by atoms with E-state index in [1.807, 2.05) is 0 Å². The fourth-order valence-corrected chi connectivity index (χ4v) is 4.95. The summed E-state index contributed by atoms with van der Waals surface area (Å²) in [7, 11) is 0. The van der Waals surface area contributed by atoms with Crippen LogP contribution in [0, 0.1) is 21.7 Å². The van der Waals surface area contributed by atoms with E-state index in [2.05, 4.69) is 10.1 Å². The van der Waals surface area contributed by atoms with Crippen LogP contribution in [0.25, 0.3) is 5.52 Å². The maximum atomic E-state index is 15.0. The van der Waals surface area contributed by atoms with Crippen molar-refractivity contribution in [3.63, 3.8) is 0 Å². The van der Waals surface area contributed by atoms with Crippen LogP contribution in [0.15, 0.2) is 48.8 Å². The second-order valence-electron chi connectivity index (χ2n) is 8.80. The minimum absolute atomic E-state index is 0.0142. The Bertz CT molecular complexity index is 1640. The third-order valence-corrected chi connectivity index (χ3v) is 6.61. The van der Waals surface area contributed by atoms with Crippen molar-refractivity contribution in [2.75, 3.05) is 17.2 Å². The van der Waals surface area contributed by atoms with Gasteiger partial charge in [0.25, 0.3) is 11.6 Å². The van der Waals surface area contributed by atoms with E-state index in [4.69, 9.17) is 11.5 Å². The van der Waals surface area contributed by atoms with Crippen LogP contribution in [-0.2, 0) is 0 Å². The van der Waals surface area contributed by atoms with E-state index in [0.717, 1.165) is 30.3 Å². The monoisotopic (exact) mass is 523 g/mol. The van der Waals surface area contributed by atoms with Gasteiger partial charge in [-0.05, 0) is 36.2 Å². The molecule has 0 spiro atoms. The number of primary amides is 1. The molecule has 12 nitrogen and oxygen atoms in total. The molecule has 1 amide bonds. The van der Waals surface area contributed by atoms with Gasteiger partial charge in [0.15, 0.2) is 5.82 Å². The fraction of sp³-hybridized carbons (Fsp3) is 0.167. The Labute approximate surface area is 212 Å². The van der Waals surface area contributed by atoms with E-state index in [1.54, 1.807) is 4.90 Å². The number of halogens is 2. The molecule has 2 aromatic heterocycles. The first-order valence-electron chi connectivity index (χ1n) is 11.2. The van der Waals surface area contributed by atoms with Crippen LogP contribution in [0.5, 0.6) is 0 Å². The summed E-state index contributed by atoms with van der Waals surface area (Å²) in [6.07, 6.45) is 1.36. The number of hydrogen-bond acceptors (Lipinski definition) is 8.